The van der Waals surface area contributed by atoms with Gasteiger partial charge in [0.1, 0.15) is 18.2 Å². The second-order valence-corrected chi connectivity index (χ2v) is 12.1. The van der Waals surface area contributed by atoms with Gasteiger partial charge >= 0.3 is 5.97 Å². The van der Waals surface area contributed by atoms with Crippen LogP contribution in [0.15, 0.2) is 106 Å². The first kappa shape index (κ1) is 32.7. The molecule has 5 aromatic rings. The molecule has 0 aliphatic carbocycles. The molecule has 6 rings (SSSR count). The monoisotopic (exact) mass is 684 g/mol. The van der Waals surface area contributed by atoms with Crippen molar-refractivity contribution < 1.29 is 28.1 Å². The summed E-state index contributed by atoms with van der Waals surface area (Å²) in [5.74, 6) is 0.464. The average molecular weight is 685 g/mol. The lowest BCUT2D eigenvalue weighted by molar-refractivity contribution is -0.138. The number of thiazole rings is 1. The van der Waals surface area contributed by atoms with Gasteiger partial charge < -0.3 is 18.9 Å². The van der Waals surface area contributed by atoms with Crippen molar-refractivity contribution in [2.24, 2.45) is 4.99 Å². The first-order chi connectivity index (χ1) is 23.3. The standard InChI is InChI=1S/C37H30ClFN2O6S/c1-4-46-36(43)32-33(23-8-6-5-7-9-23)40-37-41(34(32)24-12-16-29(44-2)30(19-24)45-3)35(42)31(48-37)20-25-18-26(38)13-17-28(25)47-21-22-10-14-27(39)15-11-22/h5-20,34H,4,21H2,1-3H3/b31-20-/t34-/m0/s1. The molecule has 0 saturated carbocycles. The number of nitrogens with zero attached hydrogens (tertiary/aromatic N) is 2. The number of hydrogen-bond acceptors (Lipinski definition) is 8. The highest BCUT2D eigenvalue weighted by molar-refractivity contribution is 7.07. The minimum Gasteiger partial charge on any atom is -0.493 e. The summed E-state index contributed by atoms with van der Waals surface area (Å²) >= 11 is 7.56. The molecule has 0 amide bonds. The van der Waals surface area contributed by atoms with Crippen molar-refractivity contribution in [2.45, 2.75) is 19.6 Å². The van der Waals surface area contributed by atoms with Gasteiger partial charge in [0.15, 0.2) is 16.3 Å². The van der Waals surface area contributed by atoms with Gasteiger partial charge in [-0.05, 0) is 66.6 Å². The topological polar surface area (TPSA) is 88.4 Å². The lowest BCUT2D eigenvalue weighted by Crippen LogP contribution is -2.40. The highest BCUT2D eigenvalue weighted by Gasteiger charge is 2.35. The number of fused-ring (bicyclic) bond motifs is 1. The quantitative estimate of drug-likeness (QED) is 0.160. The van der Waals surface area contributed by atoms with Crippen LogP contribution in [-0.4, -0.2) is 31.4 Å². The molecule has 0 bridgehead atoms. The zero-order valence-electron chi connectivity index (χ0n) is 26.2. The molecule has 0 spiro atoms. The highest BCUT2D eigenvalue weighted by atomic mass is 35.5. The minimum absolute atomic E-state index is 0.128. The van der Waals surface area contributed by atoms with Crippen LogP contribution in [0.5, 0.6) is 17.2 Å². The molecular weight excluding hydrogens is 655 g/mol. The maximum Gasteiger partial charge on any atom is 0.338 e. The molecule has 0 radical (unpaired) electrons. The van der Waals surface area contributed by atoms with Crippen molar-refractivity contribution in [3.8, 4) is 17.2 Å². The van der Waals surface area contributed by atoms with E-state index >= 15 is 0 Å². The molecule has 0 saturated heterocycles. The third-order valence-corrected chi connectivity index (χ3v) is 8.88. The molecular formula is C37H30ClFN2O6S. The maximum atomic E-state index is 14.4. The van der Waals surface area contributed by atoms with Crippen molar-refractivity contribution >= 4 is 40.7 Å². The zero-order chi connectivity index (χ0) is 33.8. The van der Waals surface area contributed by atoms with E-state index in [1.54, 1.807) is 61.5 Å². The van der Waals surface area contributed by atoms with E-state index in [9.17, 15) is 14.0 Å². The largest absolute Gasteiger partial charge is 0.493 e. The van der Waals surface area contributed by atoms with Gasteiger partial charge in [-0.2, -0.15) is 0 Å². The Morgan fingerprint density at radius 2 is 1.69 bits per heavy atom. The summed E-state index contributed by atoms with van der Waals surface area (Å²) in [6.07, 6.45) is 1.69. The Balaban J connectivity index is 1.56. The van der Waals surface area contributed by atoms with Gasteiger partial charge in [0.05, 0.1) is 42.7 Å². The second-order valence-electron chi connectivity index (χ2n) is 10.6. The molecule has 1 aliphatic heterocycles. The third-order valence-electron chi connectivity index (χ3n) is 7.66. The minimum atomic E-state index is -0.911. The van der Waals surface area contributed by atoms with Gasteiger partial charge in [-0.1, -0.05) is 71.5 Å². The molecule has 8 nitrogen and oxygen atoms in total. The number of benzene rings is 4. The zero-order valence-corrected chi connectivity index (χ0v) is 27.8. The number of carbonyl (C=O) groups is 1. The molecule has 0 unspecified atom stereocenters. The van der Waals surface area contributed by atoms with Crippen LogP contribution in [0.3, 0.4) is 0 Å². The van der Waals surface area contributed by atoms with Crippen molar-refractivity contribution in [1.29, 1.82) is 0 Å². The first-order valence-electron chi connectivity index (χ1n) is 15.0. The molecule has 0 N–H and O–H groups in total. The van der Waals surface area contributed by atoms with Gasteiger partial charge in [-0.25, -0.2) is 14.2 Å². The molecule has 11 heteroatoms. The Kier molecular flexibility index (Phi) is 9.75. The van der Waals surface area contributed by atoms with Gasteiger partial charge in [0.25, 0.3) is 5.56 Å². The molecule has 1 aliphatic rings. The van der Waals surface area contributed by atoms with E-state index in [1.165, 1.54) is 42.3 Å². The number of halogens is 2. The summed E-state index contributed by atoms with van der Waals surface area (Å²) in [6.45, 7) is 2.03. The fraction of sp³-hybridized carbons (Fsp3) is 0.162. The van der Waals surface area contributed by atoms with Crippen LogP contribution in [0, 0.1) is 5.82 Å². The number of aromatic nitrogens is 1. The smallest absolute Gasteiger partial charge is 0.338 e. The van der Waals surface area contributed by atoms with Crippen LogP contribution < -0.4 is 29.1 Å². The summed E-state index contributed by atoms with van der Waals surface area (Å²) in [7, 11) is 3.05. The van der Waals surface area contributed by atoms with Crippen LogP contribution >= 0.6 is 22.9 Å². The number of methoxy groups -OCH3 is 2. The summed E-state index contributed by atoms with van der Waals surface area (Å²) in [4.78, 5) is 33.5. The number of carbonyl (C=O) groups excluding carboxylic acids is 1. The van der Waals surface area contributed by atoms with Gasteiger partial charge in [0.2, 0.25) is 0 Å². The van der Waals surface area contributed by atoms with Crippen molar-refractivity contribution in [3.05, 3.63) is 149 Å². The SMILES string of the molecule is CCOC(=O)C1=C(c2ccccc2)N=c2s/c(=C\c3cc(Cl)ccc3OCc3ccc(F)cc3)c(=O)n2[C@H]1c1ccc(OC)c(OC)c1. The first-order valence-corrected chi connectivity index (χ1v) is 16.2. The molecule has 1 aromatic heterocycles. The normalized spacial score (nSPS) is 14.3. The number of rotatable bonds is 10. The van der Waals surface area contributed by atoms with Crippen molar-refractivity contribution in [3.63, 3.8) is 0 Å². The summed E-state index contributed by atoms with van der Waals surface area (Å²) in [5.41, 5.74) is 2.84. The Bertz CT molecular complexity index is 2200. The van der Waals surface area contributed by atoms with Gasteiger partial charge in [-0.15, -0.1) is 0 Å². The van der Waals surface area contributed by atoms with E-state index in [1.807, 2.05) is 30.3 Å². The summed E-state index contributed by atoms with van der Waals surface area (Å²) < 4.78 is 38.0. The van der Waals surface area contributed by atoms with E-state index in [2.05, 4.69) is 0 Å². The van der Waals surface area contributed by atoms with Crippen molar-refractivity contribution in [2.75, 3.05) is 20.8 Å². The van der Waals surface area contributed by atoms with E-state index in [4.69, 9.17) is 35.5 Å². The van der Waals surface area contributed by atoms with E-state index in [0.717, 1.165) is 5.56 Å². The number of ether oxygens (including phenoxy) is 4. The fourth-order valence-corrected chi connectivity index (χ4v) is 6.60. The van der Waals surface area contributed by atoms with Crippen LogP contribution in [0.2, 0.25) is 5.02 Å². The summed E-state index contributed by atoms with van der Waals surface area (Å²) in [5, 5.41) is 0.447. The van der Waals surface area contributed by atoms with E-state index in [0.29, 0.717) is 54.0 Å². The molecule has 244 valence electrons. The highest BCUT2D eigenvalue weighted by Crippen LogP contribution is 2.38. The fourth-order valence-electron chi connectivity index (χ4n) is 5.43. The van der Waals surface area contributed by atoms with Crippen molar-refractivity contribution in [1.82, 2.24) is 4.57 Å². The Labute approximate surface area is 284 Å². The lowest BCUT2D eigenvalue weighted by atomic mass is 9.93. The molecule has 48 heavy (non-hydrogen) atoms. The number of hydrogen-bond donors (Lipinski definition) is 0. The molecule has 0 fully saturated rings. The van der Waals surface area contributed by atoms with Crippen LogP contribution in [0.1, 0.15) is 35.2 Å². The Hall–Kier alpha value is -5.19. The van der Waals surface area contributed by atoms with Crippen LogP contribution in [0.4, 0.5) is 4.39 Å². The molecule has 4 aromatic carbocycles. The van der Waals surface area contributed by atoms with Gasteiger partial charge in [-0.3, -0.25) is 9.36 Å². The van der Waals surface area contributed by atoms with E-state index in [-0.39, 0.29) is 30.2 Å². The lowest BCUT2D eigenvalue weighted by Gasteiger charge is -2.26. The maximum absolute atomic E-state index is 14.4. The number of esters is 1. The second kappa shape index (κ2) is 14.3. The predicted molar refractivity (Wildman–Crippen MR) is 183 cm³/mol. The van der Waals surface area contributed by atoms with Gasteiger partial charge in [0, 0.05) is 16.1 Å². The third kappa shape index (κ3) is 6.62. The Morgan fingerprint density at radius 1 is 0.958 bits per heavy atom. The molecule has 1 atom stereocenters. The van der Waals surface area contributed by atoms with E-state index < -0.39 is 12.0 Å². The van der Waals surface area contributed by atoms with Crippen LogP contribution in [-0.2, 0) is 16.1 Å². The Morgan fingerprint density at radius 3 is 2.40 bits per heavy atom. The summed E-state index contributed by atoms with van der Waals surface area (Å²) in [6, 6.07) is 24.8. The average Bonchev–Trinajstić information content (AvgIpc) is 3.41. The van der Waals surface area contributed by atoms with Crippen LogP contribution in [0.25, 0.3) is 11.8 Å². The predicted octanol–water partition coefficient (Wildman–Crippen LogP) is 6.32. The molecule has 2 heterocycles.